The fraction of sp³-hybridized carbons (Fsp3) is 0.0476. The van der Waals surface area contributed by atoms with Crippen LogP contribution < -0.4 is 4.74 Å². The zero-order valence-corrected chi connectivity index (χ0v) is 14.4. The van der Waals surface area contributed by atoms with Crippen LogP contribution in [0.4, 0.5) is 0 Å². The molecule has 0 amide bonds. The number of halogens is 1. The van der Waals surface area contributed by atoms with Crippen molar-refractivity contribution in [2.45, 2.75) is 0 Å². The molecule has 3 rings (SSSR count). The molecule has 3 aromatic rings. The smallest absolute Gasteiger partial charge is 0.178 e. The number of nitrogens with zero attached hydrogens (tertiary/aromatic N) is 1. The van der Waals surface area contributed by atoms with Gasteiger partial charge in [0.15, 0.2) is 5.78 Å². The van der Waals surface area contributed by atoms with Gasteiger partial charge in [-0.25, -0.2) is 4.98 Å². The molecular weight excluding hydrogens is 334 g/mol. The quantitative estimate of drug-likeness (QED) is 0.470. The number of pyridine rings is 1. The summed E-state index contributed by atoms with van der Waals surface area (Å²) in [4.78, 5) is 16.4. The van der Waals surface area contributed by atoms with Crippen LogP contribution in [0.25, 0.3) is 23.1 Å². The van der Waals surface area contributed by atoms with Gasteiger partial charge >= 0.3 is 0 Å². The Kier molecular flexibility index (Phi) is 5.26. The number of benzene rings is 2. The second-order valence-electron chi connectivity index (χ2n) is 5.40. The zero-order chi connectivity index (χ0) is 17.6. The fourth-order valence-electron chi connectivity index (χ4n) is 2.35. The molecule has 0 bridgehead atoms. The maximum atomic E-state index is 12.0. The molecule has 0 fully saturated rings. The number of ketones is 1. The summed E-state index contributed by atoms with van der Waals surface area (Å²) in [6, 6.07) is 17.1. The molecular formula is C21H16ClNO2. The van der Waals surface area contributed by atoms with E-state index in [1.165, 1.54) is 12.2 Å². The number of fused-ring (bicyclic) bond motifs is 1. The molecule has 0 radical (unpaired) electrons. The number of rotatable bonds is 5. The van der Waals surface area contributed by atoms with Gasteiger partial charge in [0.25, 0.3) is 0 Å². The SMILES string of the molecule is COc1ccc(/C=C/C(=O)/C=C/c2cc3ccccc3nc2Cl)cc1. The maximum Gasteiger partial charge on any atom is 0.178 e. The summed E-state index contributed by atoms with van der Waals surface area (Å²) in [5, 5.41) is 1.36. The lowest BCUT2D eigenvalue weighted by atomic mass is 10.1. The number of methoxy groups -OCH3 is 1. The third-order valence-electron chi connectivity index (χ3n) is 3.69. The third kappa shape index (κ3) is 4.34. The van der Waals surface area contributed by atoms with Crippen LogP contribution in [-0.2, 0) is 4.79 Å². The van der Waals surface area contributed by atoms with Crippen molar-refractivity contribution in [2.24, 2.45) is 0 Å². The number of allylic oxidation sites excluding steroid dienone is 2. The van der Waals surface area contributed by atoms with Gasteiger partial charge in [0, 0.05) is 10.9 Å². The summed E-state index contributed by atoms with van der Waals surface area (Å²) < 4.78 is 5.10. The molecule has 2 aromatic carbocycles. The summed E-state index contributed by atoms with van der Waals surface area (Å²) in [7, 11) is 1.62. The van der Waals surface area contributed by atoms with Gasteiger partial charge in [-0.3, -0.25) is 4.79 Å². The van der Waals surface area contributed by atoms with Crippen molar-refractivity contribution < 1.29 is 9.53 Å². The minimum Gasteiger partial charge on any atom is -0.497 e. The molecule has 0 atom stereocenters. The average Bonchev–Trinajstić information content (AvgIpc) is 2.65. The van der Waals surface area contributed by atoms with E-state index in [-0.39, 0.29) is 5.78 Å². The van der Waals surface area contributed by atoms with Gasteiger partial charge in [0.05, 0.1) is 12.6 Å². The normalized spacial score (nSPS) is 11.4. The third-order valence-corrected chi connectivity index (χ3v) is 3.99. The van der Waals surface area contributed by atoms with E-state index in [4.69, 9.17) is 16.3 Å². The molecule has 0 N–H and O–H groups in total. The van der Waals surface area contributed by atoms with Gasteiger partial charge in [-0.15, -0.1) is 0 Å². The molecule has 3 nitrogen and oxygen atoms in total. The van der Waals surface area contributed by atoms with Crippen molar-refractivity contribution in [3.63, 3.8) is 0 Å². The molecule has 4 heteroatoms. The highest BCUT2D eigenvalue weighted by Crippen LogP contribution is 2.21. The molecule has 1 aromatic heterocycles. The van der Waals surface area contributed by atoms with Crippen LogP contribution in [0.2, 0.25) is 5.15 Å². The van der Waals surface area contributed by atoms with Gasteiger partial charge in [0.2, 0.25) is 0 Å². The lowest BCUT2D eigenvalue weighted by Crippen LogP contribution is -1.88. The van der Waals surface area contributed by atoms with Gasteiger partial charge in [-0.2, -0.15) is 0 Å². The first kappa shape index (κ1) is 16.9. The predicted molar refractivity (Wildman–Crippen MR) is 103 cm³/mol. The molecule has 0 saturated carbocycles. The van der Waals surface area contributed by atoms with E-state index < -0.39 is 0 Å². The number of hydrogen-bond donors (Lipinski definition) is 0. The molecule has 0 aliphatic carbocycles. The van der Waals surface area contributed by atoms with Crippen LogP contribution in [0.3, 0.4) is 0 Å². The average molecular weight is 350 g/mol. The van der Waals surface area contributed by atoms with E-state index in [1.54, 1.807) is 19.3 Å². The largest absolute Gasteiger partial charge is 0.497 e. The highest BCUT2D eigenvalue weighted by molar-refractivity contribution is 6.31. The van der Waals surface area contributed by atoms with Gasteiger partial charge in [0.1, 0.15) is 10.9 Å². The Labute approximate surface area is 151 Å². The zero-order valence-electron chi connectivity index (χ0n) is 13.6. The maximum absolute atomic E-state index is 12.0. The first-order chi connectivity index (χ1) is 12.2. The number of carbonyl (C=O) groups excluding carboxylic acids is 1. The number of hydrogen-bond acceptors (Lipinski definition) is 3. The van der Waals surface area contributed by atoms with Crippen LogP contribution in [0.15, 0.2) is 66.7 Å². The Morgan fingerprint density at radius 1 is 1.04 bits per heavy atom. The molecule has 0 unspecified atom stereocenters. The van der Waals surface area contributed by atoms with E-state index >= 15 is 0 Å². The summed E-state index contributed by atoms with van der Waals surface area (Å²) in [6.45, 7) is 0. The van der Waals surface area contributed by atoms with Crippen molar-refractivity contribution in [2.75, 3.05) is 7.11 Å². The van der Waals surface area contributed by atoms with E-state index in [2.05, 4.69) is 4.98 Å². The van der Waals surface area contributed by atoms with Crippen LogP contribution >= 0.6 is 11.6 Å². The fourth-order valence-corrected chi connectivity index (χ4v) is 2.56. The standard InChI is InChI=1S/C21H16ClNO2/c1-25-19-12-7-15(8-13-19)6-10-18(24)11-9-17-14-16-4-2-3-5-20(16)23-21(17)22/h2-14H,1H3/b10-6+,11-9+. The van der Waals surface area contributed by atoms with Crippen LogP contribution in [0.1, 0.15) is 11.1 Å². The number of para-hydroxylation sites is 1. The van der Waals surface area contributed by atoms with Gasteiger partial charge < -0.3 is 4.74 Å². The minimum absolute atomic E-state index is 0.125. The molecule has 0 aliphatic heterocycles. The van der Waals surface area contributed by atoms with Crippen LogP contribution in [0, 0.1) is 0 Å². The van der Waals surface area contributed by atoms with E-state index in [0.717, 1.165) is 22.2 Å². The number of ether oxygens (including phenoxy) is 1. The predicted octanol–water partition coefficient (Wildman–Crippen LogP) is 5.19. The first-order valence-electron chi connectivity index (χ1n) is 7.75. The van der Waals surface area contributed by atoms with Gasteiger partial charge in [-0.1, -0.05) is 48.0 Å². The Bertz CT molecular complexity index is 959. The van der Waals surface area contributed by atoms with E-state index in [9.17, 15) is 4.79 Å². The van der Waals surface area contributed by atoms with Crippen molar-refractivity contribution in [3.05, 3.63) is 83.0 Å². The van der Waals surface area contributed by atoms with E-state index in [1.807, 2.05) is 54.6 Å². The Morgan fingerprint density at radius 2 is 1.76 bits per heavy atom. The first-order valence-corrected chi connectivity index (χ1v) is 8.13. The highest BCUT2D eigenvalue weighted by Gasteiger charge is 2.02. The van der Waals surface area contributed by atoms with Crippen LogP contribution in [-0.4, -0.2) is 17.9 Å². The monoisotopic (exact) mass is 349 g/mol. The Balaban J connectivity index is 1.73. The number of aromatic nitrogens is 1. The molecule has 0 aliphatic rings. The summed E-state index contributed by atoms with van der Waals surface area (Å²) >= 11 is 6.18. The molecule has 124 valence electrons. The van der Waals surface area contributed by atoms with Crippen molar-refractivity contribution in [3.8, 4) is 5.75 Å². The topological polar surface area (TPSA) is 39.2 Å². The van der Waals surface area contributed by atoms with Gasteiger partial charge in [-0.05, 0) is 48.1 Å². The molecule has 0 saturated heterocycles. The van der Waals surface area contributed by atoms with Crippen LogP contribution in [0.5, 0.6) is 5.75 Å². The second-order valence-corrected chi connectivity index (χ2v) is 5.76. The molecule has 0 spiro atoms. The Morgan fingerprint density at radius 3 is 2.52 bits per heavy atom. The van der Waals surface area contributed by atoms with E-state index in [0.29, 0.717) is 10.7 Å². The second kappa shape index (κ2) is 7.77. The molecule has 1 heterocycles. The number of carbonyl (C=O) groups is 1. The van der Waals surface area contributed by atoms with Crippen molar-refractivity contribution in [1.29, 1.82) is 0 Å². The summed E-state index contributed by atoms with van der Waals surface area (Å²) in [6.07, 6.45) is 6.44. The molecule has 25 heavy (non-hydrogen) atoms. The summed E-state index contributed by atoms with van der Waals surface area (Å²) in [5.41, 5.74) is 2.47. The van der Waals surface area contributed by atoms with Crippen molar-refractivity contribution in [1.82, 2.24) is 4.98 Å². The minimum atomic E-state index is -0.125. The summed E-state index contributed by atoms with van der Waals surface area (Å²) in [5.74, 6) is 0.655. The highest BCUT2D eigenvalue weighted by atomic mass is 35.5. The van der Waals surface area contributed by atoms with Crippen molar-refractivity contribution >= 4 is 40.4 Å². The Hall–Kier alpha value is -2.91. The lowest BCUT2D eigenvalue weighted by molar-refractivity contribution is -0.110. The lowest BCUT2D eigenvalue weighted by Gasteiger charge is -2.01.